The molecule has 4 atom stereocenters. The summed E-state index contributed by atoms with van der Waals surface area (Å²) >= 11 is 0. The number of benzene rings is 1. The Morgan fingerprint density at radius 2 is 1.67 bits per heavy atom. The monoisotopic (exact) mass is 586 g/mol. The SMILES string of the molecule is C[C@H](NC(=O)CN1CCOCC1)C(=O)N[C@@H](Cc1ccc2c(c1)OCO2)C(=O)N[C@@H](CC1CCCC1)C(=O)[C@]1(C)CO1. The predicted octanol–water partition coefficient (Wildman–Crippen LogP) is 0.703. The molecule has 0 spiro atoms. The Balaban J connectivity index is 1.27. The van der Waals surface area contributed by atoms with Crippen LogP contribution in [0.25, 0.3) is 0 Å². The smallest absolute Gasteiger partial charge is 0.243 e. The molecule has 1 aliphatic carbocycles. The fourth-order valence-electron chi connectivity index (χ4n) is 5.83. The largest absolute Gasteiger partial charge is 0.454 e. The Morgan fingerprint density at radius 1 is 0.976 bits per heavy atom. The summed E-state index contributed by atoms with van der Waals surface area (Å²) in [7, 11) is 0. The molecule has 12 heteroatoms. The lowest BCUT2D eigenvalue weighted by Gasteiger charge is -2.27. The van der Waals surface area contributed by atoms with Crippen molar-refractivity contribution in [2.45, 2.75) is 76.1 Å². The Bertz CT molecular complexity index is 1160. The van der Waals surface area contributed by atoms with Crippen molar-refractivity contribution in [3.63, 3.8) is 0 Å². The highest BCUT2D eigenvalue weighted by atomic mass is 16.7. The molecule has 3 N–H and O–H groups in total. The van der Waals surface area contributed by atoms with E-state index in [1.165, 1.54) is 0 Å². The van der Waals surface area contributed by atoms with Crippen molar-refractivity contribution >= 4 is 23.5 Å². The number of nitrogens with one attached hydrogen (secondary N) is 3. The molecule has 0 radical (unpaired) electrons. The predicted molar refractivity (Wildman–Crippen MR) is 151 cm³/mol. The number of ketones is 1. The second-order valence-corrected chi connectivity index (χ2v) is 12.0. The Hall–Kier alpha value is -3.22. The summed E-state index contributed by atoms with van der Waals surface area (Å²) in [5, 5.41) is 8.51. The molecule has 3 fully saturated rings. The number of ether oxygens (including phenoxy) is 4. The van der Waals surface area contributed by atoms with Gasteiger partial charge < -0.3 is 34.9 Å². The summed E-state index contributed by atoms with van der Waals surface area (Å²) < 4.78 is 21.6. The molecule has 4 aliphatic rings. The molecule has 230 valence electrons. The third-order valence-electron chi connectivity index (χ3n) is 8.53. The van der Waals surface area contributed by atoms with Crippen molar-refractivity contribution in [1.82, 2.24) is 20.9 Å². The van der Waals surface area contributed by atoms with Gasteiger partial charge in [-0.05, 0) is 43.9 Å². The average Bonchev–Trinajstić information content (AvgIpc) is 3.32. The molecular weight excluding hydrogens is 544 g/mol. The van der Waals surface area contributed by atoms with Crippen LogP contribution in [-0.4, -0.2) is 98.4 Å². The van der Waals surface area contributed by atoms with E-state index in [9.17, 15) is 19.2 Å². The zero-order valence-electron chi connectivity index (χ0n) is 24.4. The van der Waals surface area contributed by atoms with Gasteiger partial charge in [0.2, 0.25) is 24.5 Å². The molecule has 2 saturated heterocycles. The first kappa shape index (κ1) is 30.2. The normalized spacial score (nSPS) is 24.0. The molecule has 1 aromatic carbocycles. The van der Waals surface area contributed by atoms with Gasteiger partial charge in [0.1, 0.15) is 17.7 Å². The number of morpholine rings is 1. The fourth-order valence-corrected chi connectivity index (χ4v) is 5.83. The number of carbonyl (C=O) groups excluding carboxylic acids is 4. The number of fused-ring (bicyclic) bond motifs is 1. The van der Waals surface area contributed by atoms with E-state index in [1.54, 1.807) is 26.0 Å². The van der Waals surface area contributed by atoms with E-state index in [1.807, 2.05) is 11.0 Å². The van der Waals surface area contributed by atoms with Gasteiger partial charge in [-0.3, -0.25) is 24.1 Å². The summed E-state index contributed by atoms with van der Waals surface area (Å²) in [4.78, 5) is 55.0. The van der Waals surface area contributed by atoms with Gasteiger partial charge in [0, 0.05) is 19.5 Å². The molecule has 5 rings (SSSR count). The molecule has 0 unspecified atom stereocenters. The number of nitrogens with zero attached hydrogens (tertiary/aromatic N) is 1. The van der Waals surface area contributed by atoms with Crippen LogP contribution in [0.3, 0.4) is 0 Å². The van der Waals surface area contributed by atoms with Crippen molar-refractivity contribution < 1.29 is 38.1 Å². The van der Waals surface area contributed by atoms with Gasteiger partial charge in [-0.1, -0.05) is 31.7 Å². The minimum absolute atomic E-state index is 0.118. The van der Waals surface area contributed by atoms with Crippen molar-refractivity contribution in [3.05, 3.63) is 23.8 Å². The first-order chi connectivity index (χ1) is 20.2. The molecule has 0 aromatic heterocycles. The van der Waals surface area contributed by atoms with Gasteiger partial charge in [-0.15, -0.1) is 0 Å². The van der Waals surface area contributed by atoms with Crippen LogP contribution in [0.15, 0.2) is 18.2 Å². The topological polar surface area (TPSA) is 148 Å². The molecule has 42 heavy (non-hydrogen) atoms. The van der Waals surface area contributed by atoms with E-state index in [0.717, 1.165) is 31.2 Å². The van der Waals surface area contributed by atoms with E-state index in [-0.39, 0.29) is 31.4 Å². The van der Waals surface area contributed by atoms with Crippen LogP contribution in [0.2, 0.25) is 0 Å². The third kappa shape index (κ3) is 7.78. The van der Waals surface area contributed by atoms with Crippen molar-refractivity contribution in [2.24, 2.45) is 5.92 Å². The van der Waals surface area contributed by atoms with Gasteiger partial charge in [-0.2, -0.15) is 0 Å². The molecule has 1 aromatic rings. The van der Waals surface area contributed by atoms with Crippen molar-refractivity contribution in [3.8, 4) is 11.5 Å². The van der Waals surface area contributed by atoms with Gasteiger partial charge in [0.05, 0.1) is 32.4 Å². The van der Waals surface area contributed by atoms with Crippen LogP contribution in [0.4, 0.5) is 0 Å². The van der Waals surface area contributed by atoms with E-state index >= 15 is 0 Å². The van der Waals surface area contributed by atoms with Gasteiger partial charge >= 0.3 is 0 Å². The number of amides is 3. The highest BCUT2D eigenvalue weighted by Gasteiger charge is 2.50. The quantitative estimate of drug-likeness (QED) is 0.284. The molecule has 0 bridgehead atoms. The minimum Gasteiger partial charge on any atom is -0.454 e. The molecular formula is C30H42N4O8. The van der Waals surface area contributed by atoms with E-state index in [2.05, 4.69) is 16.0 Å². The highest BCUT2D eigenvalue weighted by molar-refractivity contribution is 5.98. The van der Waals surface area contributed by atoms with E-state index in [4.69, 9.17) is 18.9 Å². The highest BCUT2D eigenvalue weighted by Crippen LogP contribution is 2.34. The zero-order valence-corrected chi connectivity index (χ0v) is 24.4. The maximum atomic E-state index is 13.8. The van der Waals surface area contributed by atoms with Crippen LogP contribution in [0, 0.1) is 5.92 Å². The Morgan fingerprint density at radius 3 is 2.38 bits per heavy atom. The number of Topliss-reactive ketones (excluding diaryl/α,β-unsaturated/α-hetero) is 1. The second-order valence-electron chi connectivity index (χ2n) is 12.0. The van der Waals surface area contributed by atoms with Crippen molar-refractivity contribution in [1.29, 1.82) is 0 Å². The number of carbonyl (C=O) groups is 4. The summed E-state index contributed by atoms with van der Waals surface area (Å²) in [5.41, 5.74) is -0.133. The maximum absolute atomic E-state index is 13.8. The van der Waals surface area contributed by atoms with Crippen LogP contribution < -0.4 is 25.4 Å². The molecule has 1 saturated carbocycles. The maximum Gasteiger partial charge on any atom is 0.243 e. The summed E-state index contributed by atoms with van der Waals surface area (Å²) in [5.74, 6) is 0.145. The average molecular weight is 587 g/mol. The number of rotatable bonds is 13. The van der Waals surface area contributed by atoms with Crippen LogP contribution >= 0.6 is 0 Å². The Kier molecular flexibility index (Phi) is 9.64. The fraction of sp³-hybridized carbons (Fsp3) is 0.667. The lowest BCUT2D eigenvalue weighted by molar-refractivity contribution is -0.134. The third-order valence-corrected chi connectivity index (χ3v) is 8.53. The Labute approximate surface area is 246 Å². The van der Waals surface area contributed by atoms with E-state index in [0.29, 0.717) is 56.7 Å². The number of epoxide rings is 1. The molecule has 12 nitrogen and oxygen atoms in total. The van der Waals surface area contributed by atoms with Gasteiger partial charge in [-0.25, -0.2) is 0 Å². The second kappa shape index (κ2) is 13.4. The number of hydrogen-bond acceptors (Lipinski definition) is 9. The lowest BCUT2D eigenvalue weighted by Crippen LogP contribution is -2.57. The summed E-state index contributed by atoms with van der Waals surface area (Å²) in [6.07, 6.45) is 4.98. The lowest BCUT2D eigenvalue weighted by atomic mass is 9.90. The summed E-state index contributed by atoms with van der Waals surface area (Å²) in [6.45, 7) is 6.37. The van der Waals surface area contributed by atoms with Crippen LogP contribution in [0.1, 0.15) is 51.5 Å². The standard InChI is InChI=1S/C30H42N4O8/c1-19(31-26(35)16-34-9-11-39-12-10-34)28(37)33-23(14-21-7-8-24-25(15-21)41-18-40-24)29(38)32-22(13-20-5-3-4-6-20)27(36)30(2)17-42-30/h7-8,15,19-20,22-23H,3-6,9-14,16-18H2,1-2H3,(H,31,35)(H,32,38)(H,33,37)/t19-,22-,23-,30-/m0/s1. The first-order valence-electron chi connectivity index (χ1n) is 15.0. The zero-order chi connectivity index (χ0) is 29.7. The van der Waals surface area contributed by atoms with Crippen LogP contribution in [0.5, 0.6) is 11.5 Å². The molecule has 3 amide bonds. The molecule has 3 heterocycles. The van der Waals surface area contributed by atoms with Gasteiger partial charge in [0.25, 0.3) is 0 Å². The van der Waals surface area contributed by atoms with Crippen molar-refractivity contribution in [2.75, 3.05) is 46.2 Å². The van der Waals surface area contributed by atoms with E-state index < -0.39 is 35.5 Å². The number of hydrogen-bond donors (Lipinski definition) is 3. The van der Waals surface area contributed by atoms with Crippen LogP contribution in [-0.2, 0) is 35.1 Å². The summed E-state index contributed by atoms with van der Waals surface area (Å²) in [6, 6.07) is 2.77. The first-order valence-corrected chi connectivity index (χ1v) is 15.0. The van der Waals surface area contributed by atoms with Gasteiger partial charge in [0.15, 0.2) is 17.3 Å². The minimum atomic E-state index is -0.997. The molecule has 3 aliphatic heterocycles.